The molecular formula is C27H38ClN5O3. The molecule has 36 heavy (non-hydrogen) atoms. The molecule has 2 aliphatic carbocycles. The molecule has 2 saturated heterocycles. The van der Waals surface area contributed by atoms with Crippen LogP contribution in [0.1, 0.15) is 70.8 Å². The highest BCUT2D eigenvalue weighted by atomic mass is 35.5. The van der Waals surface area contributed by atoms with E-state index in [1.807, 2.05) is 34.1 Å². The summed E-state index contributed by atoms with van der Waals surface area (Å²) in [7, 11) is 0. The van der Waals surface area contributed by atoms with Gasteiger partial charge in [-0.25, -0.2) is 4.79 Å². The minimum absolute atomic E-state index is 0.0852. The molecule has 0 spiro atoms. The zero-order valence-electron chi connectivity index (χ0n) is 21.3. The average molecular weight is 516 g/mol. The van der Waals surface area contributed by atoms with Gasteiger partial charge in [0.05, 0.1) is 12.5 Å². The standard InChI is InChI=1S/C27H38ClN5O3/c1-17(2)12-13-31-25(35)22-11-10-19(24(34)29-21-8-3-4-9-21)15-23(22)33-26(31)30-32(27(33)36)16-18-6-5-7-20(28)14-18/h5-7,14,17,19,21-23,26,30H,3-4,8-13,15-16H2,1-2H3,(H,29,34). The van der Waals surface area contributed by atoms with Crippen LogP contribution in [-0.2, 0) is 16.1 Å². The van der Waals surface area contributed by atoms with Crippen molar-refractivity contribution < 1.29 is 14.4 Å². The first-order valence-corrected chi connectivity index (χ1v) is 13.9. The third kappa shape index (κ3) is 5.07. The first-order chi connectivity index (χ1) is 17.3. The van der Waals surface area contributed by atoms with Gasteiger partial charge in [0.1, 0.15) is 0 Å². The molecule has 2 N–H and O–H groups in total. The number of amides is 4. The molecule has 9 heteroatoms. The summed E-state index contributed by atoms with van der Waals surface area (Å²) < 4.78 is 0. The molecule has 0 aromatic heterocycles. The van der Waals surface area contributed by atoms with E-state index in [0.717, 1.165) is 24.8 Å². The zero-order valence-corrected chi connectivity index (χ0v) is 22.0. The van der Waals surface area contributed by atoms with Gasteiger partial charge in [0.15, 0.2) is 6.29 Å². The van der Waals surface area contributed by atoms with Crippen LogP contribution in [0.2, 0.25) is 5.02 Å². The summed E-state index contributed by atoms with van der Waals surface area (Å²) in [6, 6.07) is 7.31. The van der Waals surface area contributed by atoms with Gasteiger partial charge in [-0.3, -0.25) is 19.5 Å². The van der Waals surface area contributed by atoms with E-state index in [2.05, 4.69) is 24.6 Å². The largest absolute Gasteiger partial charge is 0.353 e. The molecule has 196 valence electrons. The second-order valence-corrected chi connectivity index (χ2v) is 11.7. The summed E-state index contributed by atoms with van der Waals surface area (Å²) in [4.78, 5) is 44.2. The smallest absolute Gasteiger partial charge is 0.337 e. The molecule has 4 atom stereocenters. The number of halogens is 1. The predicted molar refractivity (Wildman–Crippen MR) is 137 cm³/mol. The second kappa shape index (κ2) is 10.6. The minimum Gasteiger partial charge on any atom is -0.353 e. The normalized spacial score (nSPS) is 28.6. The molecule has 2 aliphatic heterocycles. The molecule has 1 aromatic rings. The van der Waals surface area contributed by atoms with Gasteiger partial charge in [-0.1, -0.05) is 50.4 Å². The van der Waals surface area contributed by atoms with Crippen LogP contribution < -0.4 is 10.7 Å². The Morgan fingerprint density at radius 1 is 1.17 bits per heavy atom. The van der Waals surface area contributed by atoms with Crippen molar-refractivity contribution in [3.05, 3.63) is 34.9 Å². The van der Waals surface area contributed by atoms with Crippen molar-refractivity contribution in [2.45, 2.75) is 90.1 Å². The lowest BCUT2D eigenvalue weighted by molar-refractivity contribution is -0.159. The van der Waals surface area contributed by atoms with Crippen LogP contribution in [0.5, 0.6) is 0 Å². The maximum Gasteiger partial charge on any atom is 0.337 e. The number of fused-ring (bicyclic) bond motifs is 3. The first-order valence-electron chi connectivity index (χ1n) is 13.5. The lowest BCUT2D eigenvalue weighted by atomic mass is 9.75. The fourth-order valence-electron chi connectivity index (χ4n) is 6.31. The van der Waals surface area contributed by atoms with Gasteiger partial charge in [-0.2, -0.15) is 5.43 Å². The summed E-state index contributed by atoms with van der Waals surface area (Å²) in [5.74, 6) is 0.195. The Balaban J connectivity index is 1.37. The second-order valence-electron chi connectivity index (χ2n) is 11.3. The number of carbonyl (C=O) groups excluding carboxylic acids is 3. The molecule has 4 amide bonds. The van der Waals surface area contributed by atoms with Crippen molar-refractivity contribution in [1.29, 1.82) is 0 Å². The number of carbonyl (C=O) groups is 3. The number of rotatable bonds is 7. The number of hydrogen-bond acceptors (Lipinski definition) is 4. The Bertz CT molecular complexity index is 997. The molecule has 4 unspecified atom stereocenters. The Labute approximate surface area is 218 Å². The van der Waals surface area contributed by atoms with Gasteiger partial charge < -0.3 is 10.2 Å². The van der Waals surface area contributed by atoms with E-state index in [0.29, 0.717) is 43.3 Å². The van der Waals surface area contributed by atoms with Crippen LogP contribution in [0, 0.1) is 17.8 Å². The van der Waals surface area contributed by atoms with Crippen molar-refractivity contribution >= 4 is 29.4 Å². The topological polar surface area (TPSA) is 85.0 Å². The fourth-order valence-corrected chi connectivity index (χ4v) is 6.52. The van der Waals surface area contributed by atoms with E-state index >= 15 is 0 Å². The van der Waals surface area contributed by atoms with Crippen LogP contribution in [0.25, 0.3) is 0 Å². The van der Waals surface area contributed by atoms with Crippen LogP contribution in [0.3, 0.4) is 0 Å². The Morgan fingerprint density at radius 2 is 1.94 bits per heavy atom. The molecule has 0 bridgehead atoms. The van der Waals surface area contributed by atoms with E-state index in [1.165, 1.54) is 12.8 Å². The lowest BCUT2D eigenvalue weighted by Gasteiger charge is -2.50. The number of hydrazine groups is 1. The molecule has 0 radical (unpaired) electrons. The summed E-state index contributed by atoms with van der Waals surface area (Å²) in [6.07, 6.45) is 6.61. The van der Waals surface area contributed by atoms with Gasteiger partial charge in [0, 0.05) is 29.6 Å². The van der Waals surface area contributed by atoms with Gasteiger partial charge >= 0.3 is 6.03 Å². The van der Waals surface area contributed by atoms with Crippen LogP contribution in [0.15, 0.2) is 24.3 Å². The highest BCUT2D eigenvalue weighted by Gasteiger charge is 2.55. The van der Waals surface area contributed by atoms with Crippen molar-refractivity contribution in [2.75, 3.05) is 6.54 Å². The van der Waals surface area contributed by atoms with Gasteiger partial charge in [-0.05, 0) is 62.1 Å². The average Bonchev–Trinajstić information content (AvgIpc) is 3.46. The SMILES string of the molecule is CC(C)CCN1C(=O)C2CCC(C(=O)NC3CCCC3)CC2N2C(=O)N(Cc3cccc(Cl)c3)NC12. The van der Waals surface area contributed by atoms with Gasteiger partial charge in [0.2, 0.25) is 11.8 Å². The fraction of sp³-hybridized carbons (Fsp3) is 0.667. The minimum atomic E-state index is -0.527. The van der Waals surface area contributed by atoms with Gasteiger partial charge in [0.25, 0.3) is 0 Å². The van der Waals surface area contributed by atoms with E-state index in [4.69, 9.17) is 11.6 Å². The number of hydrogen-bond donors (Lipinski definition) is 2. The number of urea groups is 1. The summed E-state index contributed by atoms with van der Waals surface area (Å²) >= 11 is 6.17. The first kappa shape index (κ1) is 25.3. The lowest BCUT2D eigenvalue weighted by Crippen LogP contribution is -2.67. The molecule has 1 aromatic carbocycles. The Kier molecular flexibility index (Phi) is 7.45. The monoisotopic (exact) mass is 515 g/mol. The summed E-state index contributed by atoms with van der Waals surface area (Å²) in [5, 5.41) is 5.45. The molecule has 5 rings (SSSR count). The van der Waals surface area contributed by atoms with E-state index in [9.17, 15) is 14.4 Å². The third-order valence-corrected chi connectivity index (χ3v) is 8.54. The van der Waals surface area contributed by atoms with E-state index in [-0.39, 0.29) is 41.8 Å². The van der Waals surface area contributed by atoms with Crippen molar-refractivity contribution in [2.24, 2.45) is 17.8 Å². The highest BCUT2D eigenvalue weighted by Crippen LogP contribution is 2.41. The summed E-state index contributed by atoms with van der Waals surface area (Å²) in [6.45, 7) is 5.23. The molecule has 2 heterocycles. The van der Waals surface area contributed by atoms with Crippen LogP contribution in [-0.4, -0.2) is 57.6 Å². The molecule has 8 nitrogen and oxygen atoms in total. The Hall–Kier alpha value is -2.32. The molecule has 4 fully saturated rings. The molecule has 4 aliphatic rings. The quantitative estimate of drug-likeness (QED) is 0.572. The number of nitrogens with one attached hydrogen (secondary N) is 2. The third-order valence-electron chi connectivity index (χ3n) is 8.31. The van der Waals surface area contributed by atoms with Crippen molar-refractivity contribution in [3.8, 4) is 0 Å². The predicted octanol–water partition coefficient (Wildman–Crippen LogP) is 4.10. The Morgan fingerprint density at radius 3 is 2.67 bits per heavy atom. The van der Waals surface area contributed by atoms with E-state index in [1.54, 1.807) is 5.01 Å². The molecular weight excluding hydrogens is 478 g/mol. The van der Waals surface area contributed by atoms with Crippen LogP contribution >= 0.6 is 11.6 Å². The number of nitrogens with zero attached hydrogens (tertiary/aromatic N) is 3. The maximum absolute atomic E-state index is 13.7. The molecule has 2 saturated carbocycles. The van der Waals surface area contributed by atoms with E-state index < -0.39 is 6.29 Å². The number of benzene rings is 1. The van der Waals surface area contributed by atoms with Crippen LogP contribution in [0.4, 0.5) is 4.79 Å². The summed E-state index contributed by atoms with van der Waals surface area (Å²) in [5.41, 5.74) is 4.24. The maximum atomic E-state index is 13.7. The zero-order chi connectivity index (χ0) is 25.4. The van der Waals surface area contributed by atoms with Crippen molar-refractivity contribution in [3.63, 3.8) is 0 Å². The van der Waals surface area contributed by atoms with Crippen molar-refractivity contribution in [1.82, 2.24) is 25.6 Å². The highest BCUT2D eigenvalue weighted by molar-refractivity contribution is 6.30. The van der Waals surface area contributed by atoms with Gasteiger partial charge in [-0.15, -0.1) is 0 Å².